The van der Waals surface area contributed by atoms with Gasteiger partial charge in [0.1, 0.15) is 0 Å². The largest absolute Gasteiger partial charge is 0.351 e. The molecule has 0 aliphatic carbocycles. The zero-order valence-corrected chi connectivity index (χ0v) is 6.79. The molecule has 0 unspecified atom stereocenters. The highest BCUT2D eigenvalue weighted by Gasteiger charge is 2.48. The third-order valence-corrected chi connectivity index (χ3v) is 1.66. The molecule has 11 heavy (non-hydrogen) atoms. The maximum absolute atomic E-state index is 8.39. The van der Waals surface area contributed by atoms with Crippen LogP contribution in [0.25, 0.3) is 0 Å². The lowest BCUT2D eigenvalue weighted by atomic mass is 10.1. The lowest BCUT2D eigenvalue weighted by Crippen LogP contribution is -2.31. The Labute approximate surface area is 64.7 Å². The van der Waals surface area contributed by atoms with Crippen LogP contribution < -0.4 is 0 Å². The van der Waals surface area contributed by atoms with Gasteiger partial charge in [-0.15, -0.1) is 0 Å². The molecule has 0 aromatic rings. The monoisotopic (exact) mass is 164 g/mol. The van der Waals surface area contributed by atoms with Crippen LogP contribution in [0.5, 0.6) is 0 Å². The van der Waals surface area contributed by atoms with Crippen molar-refractivity contribution in [2.24, 2.45) is 0 Å². The molecule has 66 valence electrons. The molecular formula is C6H12O5. The molecule has 1 fully saturated rings. The summed E-state index contributed by atoms with van der Waals surface area (Å²) in [6.07, 6.45) is 0.312. The van der Waals surface area contributed by atoms with E-state index in [0.29, 0.717) is 6.42 Å². The second kappa shape index (κ2) is 2.69. The lowest BCUT2D eigenvalue weighted by molar-refractivity contribution is -0.477. The topological polar surface area (TPSA) is 57.2 Å². The van der Waals surface area contributed by atoms with Crippen LogP contribution in [0.2, 0.25) is 0 Å². The Kier molecular flexibility index (Phi) is 2.17. The molecule has 1 saturated heterocycles. The summed E-state index contributed by atoms with van der Waals surface area (Å²) in [4.78, 5) is 13.6. The molecule has 1 rings (SSSR count). The Hall–Kier alpha value is -0.200. The molecule has 0 aromatic heterocycles. The van der Waals surface area contributed by atoms with E-state index >= 15 is 0 Å². The van der Waals surface area contributed by atoms with Crippen LogP contribution in [-0.4, -0.2) is 23.9 Å². The number of methoxy groups -OCH3 is 1. The van der Waals surface area contributed by atoms with Crippen molar-refractivity contribution in [3.8, 4) is 0 Å². The summed E-state index contributed by atoms with van der Waals surface area (Å²) in [6, 6.07) is 0. The second-order valence-corrected chi connectivity index (χ2v) is 2.91. The van der Waals surface area contributed by atoms with E-state index in [1.54, 1.807) is 13.8 Å². The third-order valence-electron chi connectivity index (χ3n) is 1.66. The van der Waals surface area contributed by atoms with E-state index in [1.165, 1.54) is 7.11 Å². The summed E-state index contributed by atoms with van der Waals surface area (Å²) >= 11 is 0. The average Bonchev–Trinajstić information content (AvgIpc) is 2.30. The predicted molar refractivity (Wildman–Crippen MR) is 34.3 cm³/mol. The van der Waals surface area contributed by atoms with Gasteiger partial charge in [-0.1, -0.05) is 0 Å². The molecule has 1 N–H and O–H groups in total. The van der Waals surface area contributed by atoms with Crippen molar-refractivity contribution in [3.63, 3.8) is 0 Å². The van der Waals surface area contributed by atoms with Gasteiger partial charge in [0, 0.05) is 7.11 Å². The summed E-state index contributed by atoms with van der Waals surface area (Å²) in [5.41, 5.74) is 0. The fourth-order valence-electron chi connectivity index (χ4n) is 0.972. The molecule has 0 saturated carbocycles. The van der Waals surface area contributed by atoms with E-state index in [0.717, 1.165) is 0 Å². The van der Waals surface area contributed by atoms with Gasteiger partial charge in [-0.05, 0) is 13.8 Å². The zero-order chi connectivity index (χ0) is 8.54. The fourth-order valence-corrected chi connectivity index (χ4v) is 0.972. The van der Waals surface area contributed by atoms with Crippen molar-refractivity contribution < 1.29 is 24.7 Å². The third kappa shape index (κ3) is 1.69. The molecule has 2 atom stereocenters. The van der Waals surface area contributed by atoms with Crippen LogP contribution in [-0.2, 0) is 19.4 Å². The van der Waals surface area contributed by atoms with E-state index in [-0.39, 0.29) is 0 Å². The SMILES string of the molecule is CO[C@@]1(C)C[C@@](C)(OO)OO1. The summed E-state index contributed by atoms with van der Waals surface area (Å²) in [7, 11) is 1.49. The number of hydrogen-bond acceptors (Lipinski definition) is 5. The van der Waals surface area contributed by atoms with Crippen molar-refractivity contribution in [2.45, 2.75) is 31.8 Å². The van der Waals surface area contributed by atoms with Gasteiger partial charge in [-0.3, -0.25) is 0 Å². The van der Waals surface area contributed by atoms with Gasteiger partial charge >= 0.3 is 0 Å². The van der Waals surface area contributed by atoms with Crippen LogP contribution in [0.1, 0.15) is 20.3 Å². The molecule has 0 bridgehead atoms. The van der Waals surface area contributed by atoms with Crippen molar-refractivity contribution >= 4 is 0 Å². The normalized spacial score (nSPS) is 44.7. The summed E-state index contributed by atoms with van der Waals surface area (Å²) < 4.78 is 4.96. The number of ether oxygens (including phenoxy) is 1. The summed E-state index contributed by atoms with van der Waals surface area (Å²) in [5, 5.41) is 8.39. The first-order chi connectivity index (χ1) is 5.04. The van der Waals surface area contributed by atoms with Crippen LogP contribution in [0, 0.1) is 0 Å². The van der Waals surface area contributed by atoms with Crippen LogP contribution >= 0.6 is 0 Å². The Bertz CT molecular complexity index is 134. The molecule has 1 aliphatic heterocycles. The first kappa shape index (κ1) is 8.89. The maximum atomic E-state index is 8.39. The molecular weight excluding hydrogens is 152 g/mol. The van der Waals surface area contributed by atoms with Crippen molar-refractivity contribution in [2.75, 3.05) is 7.11 Å². The number of hydrogen-bond donors (Lipinski definition) is 1. The van der Waals surface area contributed by atoms with Gasteiger partial charge in [0.25, 0.3) is 0 Å². The minimum absolute atomic E-state index is 0.312. The molecule has 0 spiro atoms. The highest BCUT2D eigenvalue weighted by Crippen LogP contribution is 2.36. The van der Waals surface area contributed by atoms with Crippen LogP contribution in [0.4, 0.5) is 0 Å². The van der Waals surface area contributed by atoms with E-state index in [2.05, 4.69) is 4.89 Å². The highest BCUT2D eigenvalue weighted by molar-refractivity contribution is 4.75. The minimum atomic E-state index is -1.12. The van der Waals surface area contributed by atoms with Crippen molar-refractivity contribution in [1.82, 2.24) is 0 Å². The summed E-state index contributed by atoms with van der Waals surface area (Å²) in [5.74, 6) is -1.96. The zero-order valence-electron chi connectivity index (χ0n) is 6.79. The van der Waals surface area contributed by atoms with Gasteiger partial charge in [0.05, 0.1) is 6.42 Å². The Morgan fingerprint density at radius 3 is 2.09 bits per heavy atom. The van der Waals surface area contributed by atoms with E-state index < -0.39 is 11.6 Å². The van der Waals surface area contributed by atoms with Crippen LogP contribution in [0.15, 0.2) is 0 Å². The standard InChI is InChI=1S/C6H12O5/c1-5(8-3)4-6(2,9-7)11-10-5/h7H,4H2,1-3H3/t5-,6+/m1/s1. The Morgan fingerprint density at radius 1 is 1.27 bits per heavy atom. The highest BCUT2D eigenvalue weighted by atomic mass is 17.3. The molecule has 0 aromatic carbocycles. The van der Waals surface area contributed by atoms with Crippen molar-refractivity contribution in [3.05, 3.63) is 0 Å². The van der Waals surface area contributed by atoms with E-state index in [9.17, 15) is 0 Å². The maximum Gasteiger partial charge on any atom is 0.236 e. The molecule has 1 aliphatic rings. The predicted octanol–water partition coefficient (Wildman–Crippen LogP) is 0.907. The second-order valence-electron chi connectivity index (χ2n) is 2.91. The quantitative estimate of drug-likeness (QED) is 0.485. The molecule has 0 amide bonds. The van der Waals surface area contributed by atoms with Gasteiger partial charge in [-0.2, -0.15) is 9.78 Å². The average molecular weight is 164 g/mol. The van der Waals surface area contributed by atoms with E-state index in [4.69, 9.17) is 19.8 Å². The van der Waals surface area contributed by atoms with Gasteiger partial charge in [-0.25, -0.2) is 10.1 Å². The Balaban J connectivity index is 2.58. The van der Waals surface area contributed by atoms with Gasteiger partial charge in [0.15, 0.2) is 0 Å². The van der Waals surface area contributed by atoms with Gasteiger partial charge < -0.3 is 4.74 Å². The first-order valence-electron chi connectivity index (χ1n) is 3.28. The molecule has 1 heterocycles. The first-order valence-corrected chi connectivity index (χ1v) is 3.28. The smallest absolute Gasteiger partial charge is 0.236 e. The fraction of sp³-hybridized carbons (Fsp3) is 1.00. The molecule has 5 nitrogen and oxygen atoms in total. The van der Waals surface area contributed by atoms with Crippen molar-refractivity contribution in [1.29, 1.82) is 0 Å². The lowest BCUT2D eigenvalue weighted by Gasteiger charge is -2.18. The van der Waals surface area contributed by atoms with E-state index in [1.807, 2.05) is 0 Å². The number of rotatable bonds is 2. The molecule has 5 heteroatoms. The van der Waals surface area contributed by atoms with Crippen LogP contribution in [0.3, 0.4) is 0 Å². The molecule has 0 radical (unpaired) electrons. The Morgan fingerprint density at radius 2 is 1.82 bits per heavy atom. The van der Waals surface area contributed by atoms with Gasteiger partial charge in [0.2, 0.25) is 11.6 Å². The minimum Gasteiger partial charge on any atom is -0.351 e. The summed E-state index contributed by atoms with van der Waals surface area (Å²) in [6.45, 7) is 3.24.